The van der Waals surface area contributed by atoms with Crippen LogP contribution in [-0.2, 0) is 24.3 Å². The number of carbonyl (C=O) groups excluding carboxylic acids is 2. The Morgan fingerprint density at radius 2 is 1.84 bits per heavy atom. The fraction of sp³-hybridized carbons (Fsp3) is 0.240. The minimum absolute atomic E-state index is 0.0141. The molecule has 4 rings (SSSR count). The summed E-state index contributed by atoms with van der Waals surface area (Å²) in [6.07, 6.45) is 2.22. The van der Waals surface area contributed by atoms with Crippen LogP contribution in [0.1, 0.15) is 34.2 Å². The molecule has 7 nitrogen and oxygen atoms in total. The van der Waals surface area contributed by atoms with Crippen molar-refractivity contribution in [3.63, 3.8) is 0 Å². The number of amides is 1. The van der Waals surface area contributed by atoms with Crippen LogP contribution in [0.5, 0.6) is 5.75 Å². The molecule has 1 amide bonds. The third-order valence-corrected chi connectivity index (χ3v) is 5.38. The molecule has 32 heavy (non-hydrogen) atoms. The summed E-state index contributed by atoms with van der Waals surface area (Å²) in [7, 11) is 0. The Labute approximate surface area is 185 Å². The zero-order valence-corrected chi connectivity index (χ0v) is 17.8. The number of benzene rings is 2. The Bertz CT molecular complexity index is 1180. The smallest absolute Gasteiger partial charge is 0.262 e. The van der Waals surface area contributed by atoms with Gasteiger partial charge in [-0.05, 0) is 48.7 Å². The third-order valence-electron chi connectivity index (χ3n) is 5.38. The molecule has 1 aliphatic heterocycles. The number of rotatable bonds is 7. The first-order valence-electron chi connectivity index (χ1n) is 10.4. The second kappa shape index (κ2) is 9.62. The van der Waals surface area contributed by atoms with Crippen molar-refractivity contribution in [2.45, 2.75) is 26.4 Å². The number of ether oxygens (including phenoxy) is 1. The van der Waals surface area contributed by atoms with Crippen LogP contribution in [0.3, 0.4) is 0 Å². The molecular weight excluding hydrogens is 408 g/mol. The van der Waals surface area contributed by atoms with E-state index >= 15 is 0 Å². The first kappa shape index (κ1) is 21.5. The van der Waals surface area contributed by atoms with Gasteiger partial charge in [-0.1, -0.05) is 24.3 Å². The third kappa shape index (κ3) is 5.31. The number of Topliss-reactive ketones (excluding diaryl/α,β-unsaturated/α-hetero) is 1. The molecule has 164 valence electrons. The van der Waals surface area contributed by atoms with E-state index in [9.17, 15) is 14.4 Å². The van der Waals surface area contributed by atoms with Crippen molar-refractivity contribution in [3.8, 4) is 5.75 Å². The first-order valence-corrected chi connectivity index (χ1v) is 10.4. The highest BCUT2D eigenvalue weighted by molar-refractivity contribution is 5.95. The Kier molecular flexibility index (Phi) is 6.47. The molecule has 0 unspecified atom stereocenters. The van der Waals surface area contributed by atoms with Crippen molar-refractivity contribution in [2.24, 2.45) is 0 Å². The van der Waals surface area contributed by atoms with E-state index in [1.807, 2.05) is 6.07 Å². The fourth-order valence-corrected chi connectivity index (χ4v) is 3.66. The summed E-state index contributed by atoms with van der Waals surface area (Å²) in [6, 6.07) is 16.3. The zero-order valence-electron chi connectivity index (χ0n) is 17.8. The number of hydrogen-bond acceptors (Lipinski definition) is 6. The molecule has 2 aromatic carbocycles. The number of hydrogen-bond donors (Lipinski definition) is 1. The average Bonchev–Trinajstić information content (AvgIpc) is 2.79. The maximum absolute atomic E-state index is 12.4. The molecule has 0 fully saturated rings. The number of fused-ring (bicyclic) bond motifs is 1. The highest BCUT2D eigenvalue weighted by Gasteiger charge is 2.17. The summed E-state index contributed by atoms with van der Waals surface area (Å²) in [6.45, 7) is 3.38. The second-order valence-electron chi connectivity index (χ2n) is 7.77. The van der Waals surface area contributed by atoms with Crippen molar-refractivity contribution in [1.29, 1.82) is 0 Å². The highest BCUT2D eigenvalue weighted by atomic mass is 16.5. The van der Waals surface area contributed by atoms with E-state index in [0.717, 1.165) is 19.5 Å². The molecule has 0 spiro atoms. The predicted molar refractivity (Wildman–Crippen MR) is 120 cm³/mol. The molecule has 1 aromatic heterocycles. The van der Waals surface area contributed by atoms with Crippen LogP contribution in [0.2, 0.25) is 0 Å². The van der Waals surface area contributed by atoms with Gasteiger partial charge in [-0.2, -0.15) is 0 Å². The van der Waals surface area contributed by atoms with Crippen LogP contribution < -0.4 is 15.5 Å². The fourth-order valence-electron chi connectivity index (χ4n) is 3.66. The second-order valence-corrected chi connectivity index (χ2v) is 7.77. The van der Waals surface area contributed by atoms with Crippen molar-refractivity contribution in [2.75, 3.05) is 18.5 Å². The predicted octanol–water partition coefficient (Wildman–Crippen LogP) is 3.42. The lowest BCUT2D eigenvalue weighted by Crippen LogP contribution is -2.30. The lowest BCUT2D eigenvalue weighted by Gasteiger charge is -2.28. The van der Waals surface area contributed by atoms with Crippen LogP contribution in [0.25, 0.3) is 0 Å². The van der Waals surface area contributed by atoms with E-state index in [4.69, 9.17) is 9.15 Å². The quantitative estimate of drug-likeness (QED) is 0.576. The Balaban J connectivity index is 1.30. The van der Waals surface area contributed by atoms with Crippen molar-refractivity contribution >= 4 is 17.4 Å². The highest BCUT2D eigenvalue weighted by Crippen LogP contribution is 2.20. The first-order chi connectivity index (χ1) is 15.5. The molecular formula is C25H24N2O5. The molecule has 0 saturated carbocycles. The zero-order chi connectivity index (χ0) is 22.5. The van der Waals surface area contributed by atoms with Crippen LogP contribution in [-0.4, -0.2) is 29.7 Å². The SMILES string of the molecule is CC(=O)c1ccc(NC(=O)COc2coc(CN3CCc4ccccc4C3)cc2=O)cc1. The summed E-state index contributed by atoms with van der Waals surface area (Å²) in [4.78, 5) is 38.0. The van der Waals surface area contributed by atoms with Gasteiger partial charge in [-0.3, -0.25) is 19.3 Å². The van der Waals surface area contributed by atoms with E-state index < -0.39 is 5.91 Å². The van der Waals surface area contributed by atoms with Gasteiger partial charge >= 0.3 is 0 Å². The van der Waals surface area contributed by atoms with Crippen LogP contribution in [0.4, 0.5) is 5.69 Å². The van der Waals surface area contributed by atoms with Crippen molar-refractivity contribution in [1.82, 2.24) is 4.90 Å². The number of anilines is 1. The minimum atomic E-state index is -0.420. The number of nitrogens with zero attached hydrogens (tertiary/aromatic N) is 1. The normalized spacial score (nSPS) is 13.3. The summed E-state index contributed by atoms with van der Waals surface area (Å²) >= 11 is 0. The Morgan fingerprint density at radius 3 is 2.56 bits per heavy atom. The lowest BCUT2D eigenvalue weighted by atomic mass is 10.00. The van der Waals surface area contributed by atoms with E-state index in [1.54, 1.807) is 24.3 Å². The molecule has 1 N–H and O–H groups in total. The Morgan fingerprint density at radius 1 is 1.09 bits per heavy atom. The van der Waals surface area contributed by atoms with Gasteiger partial charge in [0.15, 0.2) is 12.4 Å². The van der Waals surface area contributed by atoms with Crippen molar-refractivity contribution < 1.29 is 18.7 Å². The van der Waals surface area contributed by atoms with Gasteiger partial charge in [-0.15, -0.1) is 0 Å². The van der Waals surface area contributed by atoms with E-state index in [2.05, 4.69) is 28.4 Å². The summed E-state index contributed by atoms with van der Waals surface area (Å²) in [5.41, 5.74) is 3.42. The van der Waals surface area contributed by atoms with Gasteiger partial charge in [-0.25, -0.2) is 0 Å². The van der Waals surface area contributed by atoms with E-state index in [1.165, 1.54) is 30.4 Å². The molecule has 0 radical (unpaired) electrons. The van der Waals surface area contributed by atoms with E-state index in [0.29, 0.717) is 23.6 Å². The molecule has 0 bridgehead atoms. The Hall–Kier alpha value is -3.71. The topological polar surface area (TPSA) is 88.8 Å². The standard InChI is InChI=1S/C25H24N2O5/c1-17(28)18-6-8-21(9-7-18)26-25(30)16-32-24-15-31-22(12-23(24)29)14-27-11-10-19-4-2-3-5-20(19)13-27/h2-9,12,15H,10-11,13-14,16H2,1H3,(H,26,30). The van der Waals surface area contributed by atoms with Gasteiger partial charge in [0.1, 0.15) is 12.0 Å². The van der Waals surface area contributed by atoms with Crippen LogP contribution in [0, 0.1) is 0 Å². The van der Waals surface area contributed by atoms with Gasteiger partial charge in [0.05, 0.1) is 6.54 Å². The molecule has 0 saturated heterocycles. The van der Waals surface area contributed by atoms with Gasteiger partial charge in [0.25, 0.3) is 5.91 Å². The molecule has 2 heterocycles. The monoisotopic (exact) mass is 432 g/mol. The van der Waals surface area contributed by atoms with Gasteiger partial charge in [0, 0.05) is 30.4 Å². The molecule has 0 aliphatic carbocycles. The number of carbonyl (C=O) groups is 2. The maximum Gasteiger partial charge on any atom is 0.262 e. The number of ketones is 1. The largest absolute Gasteiger partial charge is 0.477 e. The van der Waals surface area contributed by atoms with Crippen LogP contribution in [0.15, 0.2) is 70.1 Å². The minimum Gasteiger partial charge on any atom is -0.477 e. The van der Waals surface area contributed by atoms with Gasteiger partial charge in [0.2, 0.25) is 11.2 Å². The summed E-state index contributed by atoms with van der Waals surface area (Å²) in [5.74, 6) is 0.0686. The molecule has 3 aromatic rings. The lowest BCUT2D eigenvalue weighted by molar-refractivity contribution is -0.118. The van der Waals surface area contributed by atoms with Gasteiger partial charge < -0.3 is 14.5 Å². The molecule has 1 aliphatic rings. The molecule has 7 heteroatoms. The average molecular weight is 432 g/mol. The summed E-state index contributed by atoms with van der Waals surface area (Å²) < 4.78 is 10.9. The molecule has 0 atom stereocenters. The van der Waals surface area contributed by atoms with Crippen LogP contribution >= 0.6 is 0 Å². The summed E-state index contributed by atoms with van der Waals surface area (Å²) in [5, 5.41) is 2.66. The maximum atomic E-state index is 12.4. The van der Waals surface area contributed by atoms with E-state index in [-0.39, 0.29) is 23.6 Å². The number of nitrogens with one attached hydrogen (secondary N) is 1. The van der Waals surface area contributed by atoms with Crippen molar-refractivity contribution in [3.05, 3.63) is 93.5 Å².